The Hall–Kier alpha value is -3.92. The standard InChI is InChI=1S/C35H42N6O6S2.C2H6/c1-21-8-14-26(15-9-21)41-19-36-32(40-41)24-10-12-25(13-11-24)37-34(42)39-35(38-28-17-16-27(43-4)18-22(28)2)49-20-48-33-31(46-7)30(45-6)29(44-5)23(3)47-33;1-2/h8-19,23,29-31,33H,20H2,1-7H3,(H2,37,38,39,42);1-2H3/t23-,29-,30+,31+,33-;/m0./s1. The molecule has 1 saturated heterocycles. The van der Waals surface area contributed by atoms with Crippen molar-refractivity contribution in [3.05, 3.63) is 84.2 Å². The molecule has 0 bridgehead atoms. The molecule has 0 saturated carbocycles. The number of amides is 2. The Kier molecular flexibility index (Phi) is 15.3. The number of aryl methyl sites for hydroxylation is 2. The van der Waals surface area contributed by atoms with Crippen LogP contribution in [-0.4, -0.2) is 89.3 Å². The molecule has 0 radical (unpaired) electrons. The van der Waals surface area contributed by atoms with Gasteiger partial charge in [-0.05, 0) is 80.9 Å². The van der Waals surface area contributed by atoms with Crippen molar-refractivity contribution in [1.82, 2.24) is 20.1 Å². The van der Waals surface area contributed by atoms with Crippen LogP contribution < -0.4 is 15.4 Å². The predicted octanol–water partition coefficient (Wildman–Crippen LogP) is 7.61. The lowest BCUT2D eigenvalue weighted by Crippen LogP contribution is -2.57. The van der Waals surface area contributed by atoms with Crippen LogP contribution in [0.2, 0.25) is 0 Å². The van der Waals surface area contributed by atoms with E-state index in [0.29, 0.717) is 27.5 Å². The SMILES string of the molecule is CC.COc1ccc(N=C(NC(=O)Nc2ccc(-c3ncn(-c4ccc(C)cc4)n3)cc2)SCS[C@@H]2O[C@@H](C)[C@H](OC)[C@@H](OC)[C@H]2OC)c(C)c1. The maximum Gasteiger partial charge on any atom is 0.325 e. The van der Waals surface area contributed by atoms with Gasteiger partial charge in [0.1, 0.15) is 35.8 Å². The Morgan fingerprint density at radius 1 is 0.922 bits per heavy atom. The van der Waals surface area contributed by atoms with E-state index in [1.165, 1.54) is 17.3 Å². The Labute approximate surface area is 309 Å². The van der Waals surface area contributed by atoms with E-state index >= 15 is 0 Å². The molecule has 1 aliphatic rings. The summed E-state index contributed by atoms with van der Waals surface area (Å²) in [5.41, 5.74) is 4.81. The normalized spacial score (nSPS) is 20.3. The van der Waals surface area contributed by atoms with E-state index in [4.69, 9.17) is 28.7 Å². The Bertz CT molecular complexity index is 1720. The molecule has 1 fully saturated rings. The number of thioether (sulfide) groups is 2. The van der Waals surface area contributed by atoms with Gasteiger partial charge in [-0.1, -0.05) is 43.3 Å². The number of nitrogens with one attached hydrogen (secondary N) is 2. The number of hydrogen-bond acceptors (Lipinski definition) is 11. The average molecular weight is 737 g/mol. The van der Waals surface area contributed by atoms with Gasteiger partial charge in [-0.25, -0.2) is 19.5 Å². The van der Waals surface area contributed by atoms with Gasteiger partial charge in [-0.2, -0.15) is 0 Å². The molecule has 1 aliphatic heterocycles. The highest BCUT2D eigenvalue weighted by molar-refractivity contribution is 8.24. The van der Waals surface area contributed by atoms with Crippen LogP contribution in [0.5, 0.6) is 5.75 Å². The molecular weight excluding hydrogens is 689 g/mol. The van der Waals surface area contributed by atoms with E-state index in [-0.39, 0.29) is 29.9 Å². The molecule has 4 aromatic rings. The first kappa shape index (κ1) is 39.9. The van der Waals surface area contributed by atoms with E-state index < -0.39 is 6.03 Å². The fourth-order valence-corrected chi connectivity index (χ4v) is 7.66. The van der Waals surface area contributed by atoms with Gasteiger partial charge in [-0.15, -0.1) is 16.9 Å². The number of aromatic nitrogens is 3. The summed E-state index contributed by atoms with van der Waals surface area (Å²) < 4.78 is 30.5. The van der Waals surface area contributed by atoms with Crippen LogP contribution in [0.4, 0.5) is 16.2 Å². The first-order chi connectivity index (χ1) is 24.7. The summed E-state index contributed by atoms with van der Waals surface area (Å²) in [7, 11) is 6.54. The fraction of sp³-hybridized carbons (Fsp3) is 0.405. The minimum atomic E-state index is -0.434. The summed E-state index contributed by atoms with van der Waals surface area (Å²) in [5.74, 6) is 1.31. The van der Waals surface area contributed by atoms with Gasteiger partial charge >= 0.3 is 6.03 Å². The number of aliphatic imine (C=N–C) groups is 1. The lowest BCUT2D eigenvalue weighted by atomic mass is 10.0. The maximum atomic E-state index is 13.2. The number of carbonyl (C=O) groups is 1. The second kappa shape index (κ2) is 19.6. The molecule has 0 unspecified atom stereocenters. The Morgan fingerprint density at radius 2 is 1.61 bits per heavy atom. The fourth-order valence-electron chi connectivity index (χ4n) is 5.37. The Balaban J connectivity index is 0.00000286. The number of amidine groups is 1. The third kappa shape index (κ3) is 10.6. The minimum absolute atomic E-state index is 0.200. The number of carbonyl (C=O) groups excluding carboxylic acids is 1. The predicted molar refractivity (Wildman–Crippen MR) is 207 cm³/mol. The van der Waals surface area contributed by atoms with Crippen molar-refractivity contribution in [3.63, 3.8) is 0 Å². The quantitative estimate of drug-likeness (QED) is 0.0902. The molecule has 51 heavy (non-hydrogen) atoms. The highest BCUT2D eigenvalue weighted by Crippen LogP contribution is 2.35. The summed E-state index contributed by atoms with van der Waals surface area (Å²) >= 11 is 2.92. The monoisotopic (exact) mass is 736 g/mol. The van der Waals surface area contributed by atoms with Crippen molar-refractivity contribution < 1.29 is 28.5 Å². The van der Waals surface area contributed by atoms with Crippen LogP contribution in [0.1, 0.15) is 31.9 Å². The molecular formula is C37H48N6O6S2. The summed E-state index contributed by atoms with van der Waals surface area (Å²) in [6.45, 7) is 9.94. The summed E-state index contributed by atoms with van der Waals surface area (Å²) in [5, 5.41) is 11.4. The summed E-state index contributed by atoms with van der Waals surface area (Å²) in [6, 6.07) is 20.6. The van der Waals surface area contributed by atoms with Crippen LogP contribution in [-0.2, 0) is 18.9 Å². The van der Waals surface area contributed by atoms with Crippen molar-refractivity contribution in [2.24, 2.45) is 4.99 Å². The van der Waals surface area contributed by atoms with Crippen LogP contribution >= 0.6 is 23.5 Å². The molecule has 12 nitrogen and oxygen atoms in total. The zero-order chi connectivity index (χ0) is 36.9. The van der Waals surface area contributed by atoms with E-state index in [0.717, 1.165) is 22.6 Å². The molecule has 0 spiro atoms. The second-order valence-corrected chi connectivity index (χ2v) is 13.7. The third-order valence-electron chi connectivity index (χ3n) is 8.01. The molecule has 3 aromatic carbocycles. The lowest BCUT2D eigenvalue weighted by Gasteiger charge is -2.43. The van der Waals surface area contributed by atoms with Gasteiger partial charge < -0.3 is 29.0 Å². The number of benzene rings is 3. The van der Waals surface area contributed by atoms with Crippen LogP contribution in [0.3, 0.4) is 0 Å². The minimum Gasteiger partial charge on any atom is -0.497 e. The van der Waals surface area contributed by atoms with Gasteiger partial charge in [-0.3, -0.25) is 5.32 Å². The van der Waals surface area contributed by atoms with Gasteiger partial charge in [0.2, 0.25) is 0 Å². The van der Waals surface area contributed by atoms with Crippen molar-refractivity contribution in [2.45, 2.75) is 64.5 Å². The van der Waals surface area contributed by atoms with Crippen molar-refractivity contribution in [1.29, 1.82) is 0 Å². The number of nitrogens with zero attached hydrogens (tertiary/aromatic N) is 4. The second-order valence-electron chi connectivity index (χ2n) is 11.3. The van der Waals surface area contributed by atoms with Crippen LogP contribution in [0, 0.1) is 13.8 Å². The van der Waals surface area contributed by atoms with Gasteiger partial charge in [0.15, 0.2) is 11.0 Å². The highest BCUT2D eigenvalue weighted by Gasteiger charge is 2.45. The third-order valence-corrected chi connectivity index (χ3v) is 10.2. The van der Waals surface area contributed by atoms with E-state index in [1.54, 1.807) is 63.3 Å². The number of anilines is 1. The molecule has 2 N–H and O–H groups in total. The van der Waals surface area contributed by atoms with Crippen LogP contribution in [0.15, 0.2) is 78.0 Å². The summed E-state index contributed by atoms with van der Waals surface area (Å²) in [4.78, 5) is 22.5. The first-order valence-electron chi connectivity index (χ1n) is 16.6. The van der Waals surface area contributed by atoms with Gasteiger partial charge in [0, 0.05) is 37.7 Å². The van der Waals surface area contributed by atoms with Crippen molar-refractivity contribution >= 4 is 46.1 Å². The van der Waals surface area contributed by atoms with Crippen molar-refractivity contribution in [2.75, 3.05) is 38.8 Å². The smallest absolute Gasteiger partial charge is 0.325 e. The number of methoxy groups -OCH3 is 4. The molecule has 0 aliphatic carbocycles. The average Bonchev–Trinajstić information content (AvgIpc) is 3.64. The molecule has 2 amide bonds. The zero-order valence-electron chi connectivity index (χ0n) is 30.6. The van der Waals surface area contributed by atoms with E-state index in [1.807, 2.05) is 89.2 Å². The lowest BCUT2D eigenvalue weighted by molar-refractivity contribution is -0.216. The van der Waals surface area contributed by atoms with Gasteiger partial charge in [0.05, 0.1) is 24.6 Å². The highest BCUT2D eigenvalue weighted by atomic mass is 32.2. The van der Waals surface area contributed by atoms with E-state index in [2.05, 4.69) is 20.7 Å². The molecule has 2 heterocycles. The molecule has 274 valence electrons. The van der Waals surface area contributed by atoms with E-state index in [9.17, 15) is 4.79 Å². The molecule has 5 rings (SSSR count). The van der Waals surface area contributed by atoms with Gasteiger partial charge in [0.25, 0.3) is 0 Å². The zero-order valence-corrected chi connectivity index (χ0v) is 32.2. The molecule has 1 aromatic heterocycles. The number of urea groups is 1. The topological polar surface area (TPSA) is 130 Å². The first-order valence-corrected chi connectivity index (χ1v) is 18.6. The largest absolute Gasteiger partial charge is 0.497 e. The number of rotatable bonds is 11. The van der Waals surface area contributed by atoms with Crippen molar-refractivity contribution in [3.8, 4) is 22.8 Å². The molecule has 14 heteroatoms. The molecule has 5 atom stereocenters. The Morgan fingerprint density at radius 3 is 2.24 bits per heavy atom. The summed E-state index contributed by atoms with van der Waals surface area (Å²) in [6.07, 6.45) is 0.567. The number of ether oxygens (including phenoxy) is 5. The van der Waals surface area contributed by atoms with Crippen LogP contribution in [0.25, 0.3) is 17.1 Å². The maximum absolute atomic E-state index is 13.2. The number of hydrogen-bond donors (Lipinski definition) is 2.